The summed E-state index contributed by atoms with van der Waals surface area (Å²) in [6, 6.07) is 9.54. The molecule has 36 heavy (non-hydrogen) atoms. The van der Waals surface area contributed by atoms with Crippen molar-refractivity contribution >= 4 is 17.5 Å². The number of nitrogens with zero attached hydrogens (tertiary/aromatic N) is 1. The second-order valence-corrected chi connectivity index (χ2v) is 7.89. The fourth-order valence-electron chi connectivity index (χ4n) is 3.32. The number of carbonyl (C=O) groups is 1. The van der Waals surface area contributed by atoms with E-state index < -0.39 is 35.7 Å². The van der Waals surface area contributed by atoms with Gasteiger partial charge in [0.1, 0.15) is 17.3 Å². The molecular formula is C24H21ClF4N2O5. The molecule has 3 rings (SSSR count). The van der Waals surface area contributed by atoms with Gasteiger partial charge in [0.15, 0.2) is 11.5 Å². The molecule has 0 aliphatic heterocycles. The number of pyridine rings is 1. The minimum Gasteiger partial charge on any atom is -0.494 e. The molecule has 1 aromatic heterocycles. The molecule has 0 radical (unpaired) electrons. The summed E-state index contributed by atoms with van der Waals surface area (Å²) in [5.74, 6) is -1.08. The molecule has 0 bridgehead atoms. The predicted molar refractivity (Wildman–Crippen MR) is 123 cm³/mol. The van der Waals surface area contributed by atoms with Crippen LogP contribution < -0.4 is 19.5 Å². The molecule has 2 aromatic carbocycles. The molecule has 3 aromatic rings. The van der Waals surface area contributed by atoms with E-state index in [-0.39, 0.29) is 33.3 Å². The second-order valence-electron chi connectivity index (χ2n) is 7.49. The Balaban J connectivity index is 1.98. The lowest BCUT2D eigenvalue weighted by Crippen LogP contribution is -2.51. The normalized spacial score (nSPS) is 13.0. The van der Waals surface area contributed by atoms with E-state index in [0.29, 0.717) is 5.75 Å². The van der Waals surface area contributed by atoms with Crippen LogP contribution in [0.25, 0.3) is 11.3 Å². The first-order valence-electron chi connectivity index (χ1n) is 10.3. The largest absolute Gasteiger partial charge is 0.494 e. The number of carbonyl (C=O) groups excluding carboxylic acids is 1. The molecule has 0 fully saturated rings. The molecular weight excluding hydrogens is 508 g/mol. The van der Waals surface area contributed by atoms with Gasteiger partial charge in [0.25, 0.3) is 5.91 Å². The standard InChI is InChI=1S/C24H21ClF4N2O5/c1-34-17-7-5-14(11-19(17)36-3)22(32)30-12-23(33,24(27,28)29)20-9-8-18(35-2)21(31-20)13-4-6-16(26)15(25)10-13/h4-11,33H,12H2,1-3H3,(H,30,32). The van der Waals surface area contributed by atoms with E-state index in [4.69, 9.17) is 25.8 Å². The lowest BCUT2D eigenvalue weighted by Gasteiger charge is -2.30. The third-order valence-corrected chi connectivity index (χ3v) is 5.60. The number of halogens is 5. The highest BCUT2D eigenvalue weighted by molar-refractivity contribution is 6.31. The first-order valence-corrected chi connectivity index (χ1v) is 10.6. The molecule has 0 aliphatic carbocycles. The minimum absolute atomic E-state index is 0.0264. The summed E-state index contributed by atoms with van der Waals surface area (Å²) >= 11 is 5.81. The zero-order chi connectivity index (χ0) is 26.7. The number of aliphatic hydroxyl groups is 1. The van der Waals surface area contributed by atoms with Crippen LogP contribution in [-0.4, -0.2) is 50.0 Å². The predicted octanol–water partition coefficient (Wildman–Crippen LogP) is 4.75. The van der Waals surface area contributed by atoms with Crippen LogP contribution in [0, 0.1) is 5.82 Å². The topological polar surface area (TPSA) is 89.9 Å². The zero-order valence-corrected chi connectivity index (χ0v) is 20.0. The van der Waals surface area contributed by atoms with E-state index in [1.165, 1.54) is 51.7 Å². The van der Waals surface area contributed by atoms with E-state index in [1.54, 1.807) is 0 Å². The number of hydrogen-bond acceptors (Lipinski definition) is 6. The molecule has 0 aliphatic rings. The number of ether oxygens (including phenoxy) is 3. The highest BCUT2D eigenvalue weighted by atomic mass is 35.5. The highest BCUT2D eigenvalue weighted by Crippen LogP contribution is 2.40. The van der Waals surface area contributed by atoms with Crippen LogP contribution in [0.1, 0.15) is 16.1 Å². The summed E-state index contributed by atoms with van der Waals surface area (Å²) in [6.07, 6.45) is -5.24. The van der Waals surface area contributed by atoms with Crippen LogP contribution >= 0.6 is 11.6 Å². The summed E-state index contributed by atoms with van der Waals surface area (Å²) in [4.78, 5) is 16.6. The van der Waals surface area contributed by atoms with Gasteiger partial charge >= 0.3 is 6.18 Å². The molecule has 1 atom stereocenters. The Morgan fingerprint density at radius 1 is 0.972 bits per heavy atom. The number of rotatable bonds is 8. The summed E-state index contributed by atoms with van der Waals surface area (Å²) in [5.41, 5.74) is -4.39. The Morgan fingerprint density at radius 3 is 2.19 bits per heavy atom. The lowest BCUT2D eigenvalue weighted by molar-refractivity contribution is -0.265. The van der Waals surface area contributed by atoms with Crippen molar-refractivity contribution in [2.45, 2.75) is 11.8 Å². The van der Waals surface area contributed by atoms with Gasteiger partial charge in [-0.1, -0.05) is 11.6 Å². The third-order valence-electron chi connectivity index (χ3n) is 5.31. The smallest absolute Gasteiger partial charge is 0.424 e. The molecule has 192 valence electrons. The van der Waals surface area contributed by atoms with Crippen LogP contribution in [0.3, 0.4) is 0 Å². The minimum atomic E-state index is -5.24. The zero-order valence-electron chi connectivity index (χ0n) is 19.2. The molecule has 7 nitrogen and oxygen atoms in total. The number of aromatic nitrogens is 1. The van der Waals surface area contributed by atoms with Crippen LogP contribution in [0.5, 0.6) is 17.2 Å². The lowest BCUT2D eigenvalue weighted by atomic mass is 9.96. The van der Waals surface area contributed by atoms with E-state index in [0.717, 1.165) is 18.2 Å². The summed E-state index contributed by atoms with van der Waals surface area (Å²) < 4.78 is 71.3. The Kier molecular flexibility index (Phi) is 7.95. The number of hydrogen-bond donors (Lipinski definition) is 2. The monoisotopic (exact) mass is 528 g/mol. The van der Waals surface area contributed by atoms with Crippen LogP contribution in [-0.2, 0) is 5.60 Å². The van der Waals surface area contributed by atoms with Crippen molar-refractivity contribution in [3.05, 3.63) is 70.6 Å². The van der Waals surface area contributed by atoms with Gasteiger partial charge in [-0.15, -0.1) is 0 Å². The summed E-state index contributed by atoms with van der Waals surface area (Å²) in [7, 11) is 3.99. The fourth-order valence-corrected chi connectivity index (χ4v) is 3.50. The van der Waals surface area contributed by atoms with Crippen LogP contribution in [0.2, 0.25) is 5.02 Å². The molecule has 1 heterocycles. The van der Waals surface area contributed by atoms with Gasteiger partial charge in [0.2, 0.25) is 5.60 Å². The molecule has 12 heteroatoms. The number of amides is 1. The third kappa shape index (κ3) is 5.31. The maximum atomic E-state index is 14.1. The maximum absolute atomic E-state index is 14.1. The Labute approximate surface area is 208 Å². The molecule has 0 saturated carbocycles. The summed E-state index contributed by atoms with van der Waals surface area (Å²) in [6.45, 7) is -1.26. The van der Waals surface area contributed by atoms with Crippen molar-refractivity contribution in [2.24, 2.45) is 0 Å². The maximum Gasteiger partial charge on any atom is 0.424 e. The van der Waals surface area contributed by atoms with Crippen molar-refractivity contribution in [2.75, 3.05) is 27.9 Å². The van der Waals surface area contributed by atoms with Crippen LogP contribution in [0.15, 0.2) is 48.5 Å². The van der Waals surface area contributed by atoms with E-state index in [2.05, 4.69) is 10.3 Å². The van der Waals surface area contributed by atoms with Gasteiger partial charge in [-0.2, -0.15) is 13.2 Å². The van der Waals surface area contributed by atoms with Gasteiger partial charge in [0.05, 0.1) is 38.6 Å². The van der Waals surface area contributed by atoms with E-state index in [9.17, 15) is 27.5 Å². The molecule has 1 unspecified atom stereocenters. The fraction of sp³-hybridized carbons (Fsp3) is 0.250. The Hall–Kier alpha value is -3.57. The number of methoxy groups -OCH3 is 3. The van der Waals surface area contributed by atoms with Gasteiger partial charge < -0.3 is 24.6 Å². The average Bonchev–Trinajstić information content (AvgIpc) is 2.87. The quantitative estimate of drug-likeness (QED) is 0.410. The van der Waals surface area contributed by atoms with Crippen molar-refractivity contribution in [1.29, 1.82) is 0 Å². The van der Waals surface area contributed by atoms with Gasteiger partial charge in [0, 0.05) is 11.1 Å². The van der Waals surface area contributed by atoms with Gasteiger partial charge in [-0.05, 0) is 48.5 Å². The van der Waals surface area contributed by atoms with E-state index >= 15 is 0 Å². The van der Waals surface area contributed by atoms with Crippen LogP contribution in [0.4, 0.5) is 17.6 Å². The summed E-state index contributed by atoms with van der Waals surface area (Å²) in [5, 5.41) is 12.6. The number of benzene rings is 2. The van der Waals surface area contributed by atoms with Gasteiger partial charge in [-0.3, -0.25) is 4.79 Å². The second kappa shape index (κ2) is 10.6. The first-order chi connectivity index (χ1) is 16.9. The molecule has 2 N–H and O–H groups in total. The van der Waals surface area contributed by atoms with Crippen molar-refractivity contribution in [3.63, 3.8) is 0 Å². The number of nitrogens with one attached hydrogen (secondary N) is 1. The van der Waals surface area contributed by atoms with E-state index in [1.807, 2.05) is 0 Å². The van der Waals surface area contributed by atoms with Crippen molar-refractivity contribution in [1.82, 2.24) is 10.3 Å². The molecule has 0 spiro atoms. The highest BCUT2D eigenvalue weighted by Gasteiger charge is 2.56. The van der Waals surface area contributed by atoms with Crippen molar-refractivity contribution in [3.8, 4) is 28.5 Å². The molecule has 1 amide bonds. The Morgan fingerprint density at radius 2 is 1.61 bits per heavy atom. The average molecular weight is 529 g/mol. The first kappa shape index (κ1) is 27.0. The molecule has 0 saturated heterocycles. The Bertz CT molecular complexity index is 1270. The van der Waals surface area contributed by atoms with Crippen molar-refractivity contribution < 1.29 is 41.7 Å². The SMILES string of the molecule is COc1ccc(C(=O)NCC(O)(c2ccc(OC)c(-c3ccc(F)c(Cl)c3)n2)C(F)(F)F)cc1OC. The van der Waals surface area contributed by atoms with Gasteiger partial charge in [-0.25, -0.2) is 9.37 Å². The number of alkyl halides is 3.